The van der Waals surface area contributed by atoms with Crippen LogP contribution in [-0.4, -0.2) is 76.5 Å². The summed E-state index contributed by atoms with van der Waals surface area (Å²) in [7, 11) is 0. The van der Waals surface area contributed by atoms with Crippen LogP contribution in [0.1, 0.15) is 44.1 Å². The molecule has 2 rings (SSSR count). The molecule has 1 aliphatic rings. The SMILES string of the molecule is NC(=O)CCC(NC(=O)C(CCC(=O)O)NC(=O)C1CCCN1)C(=O)NC(Cc1ccccc1)C(=O)O. The Balaban J connectivity index is 2.14. The summed E-state index contributed by atoms with van der Waals surface area (Å²) in [6.07, 6.45) is 0.127. The Bertz CT molecular complexity index is 981. The van der Waals surface area contributed by atoms with Crippen molar-refractivity contribution in [1.82, 2.24) is 21.3 Å². The third-order valence-electron chi connectivity index (χ3n) is 5.87. The minimum atomic E-state index is -1.36. The van der Waals surface area contributed by atoms with E-state index in [2.05, 4.69) is 21.3 Å². The van der Waals surface area contributed by atoms with Gasteiger partial charge in [0.25, 0.3) is 0 Å². The number of amides is 4. The second-order valence-corrected chi connectivity index (χ2v) is 8.80. The quantitative estimate of drug-likeness (QED) is 0.145. The largest absolute Gasteiger partial charge is 0.481 e. The number of primary amides is 1. The van der Waals surface area contributed by atoms with Crippen LogP contribution >= 0.6 is 0 Å². The van der Waals surface area contributed by atoms with E-state index in [1.807, 2.05) is 0 Å². The fraction of sp³-hybridized carbons (Fsp3) is 0.500. The molecular formula is C24H33N5O8. The van der Waals surface area contributed by atoms with Crippen molar-refractivity contribution in [2.45, 2.75) is 69.1 Å². The number of nitrogens with two attached hydrogens (primary N) is 1. The predicted octanol–water partition coefficient (Wildman–Crippen LogP) is -1.35. The van der Waals surface area contributed by atoms with Gasteiger partial charge >= 0.3 is 11.9 Å². The molecule has 4 atom stereocenters. The number of aliphatic carboxylic acids is 2. The Morgan fingerprint density at radius 3 is 2.03 bits per heavy atom. The van der Waals surface area contributed by atoms with Gasteiger partial charge in [-0.3, -0.25) is 24.0 Å². The zero-order chi connectivity index (χ0) is 27.4. The Labute approximate surface area is 213 Å². The monoisotopic (exact) mass is 519 g/mol. The number of carbonyl (C=O) groups excluding carboxylic acids is 4. The van der Waals surface area contributed by atoms with Crippen molar-refractivity contribution in [2.24, 2.45) is 5.73 Å². The molecule has 0 saturated carbocycles. The van der Waals surface area contributed by atoms with Gasteiger partial charge in [-0.05, 0) is 37.8 Å². The summed E-state index contributed by atoms with van der Waals surface area (Å²) in [5.41, 5.74) is 5.85. The average Bonchev–Trinajstić information content (AvgIpc) is 3.39. The number of rotatable bonds is 15. The third kappa shape index (κ3) is 10.3. The molecule has 8 N–H and O–H groups in total. The van der Waals surface area contributed by atoms with Crippen molar-refractivity contribution < 1.29 is 39.0 Å². The molecule has 0 radical (unpaired) electrons. The minimum absolute atomic E-state index is 0.0237. The Kier molecular flexibility index (Phi) is 11.5. The Morgan fingerprint density at radius 2 is 1.49 bits per heavy atom. The molecule has 1 aromatic rings. The average molecular weight is 520 g/mol. The summed E-state index contributed by atoms with van der Waals surface area (Å²) in [5, 5.41) is 28.9. The van der Waals surface area contributed by atoms with Gasteiger partial charge in [0.15, 0.2) is 0 Å². The molecule has 1 fully saturated rings. The maximum Gasteiger partial charge on any atom is 0.326 e. The molecule has 202 valence electrons. The van der Waals surface area contributed by atoms with Crippen molar-refractivity contribution in [2.75, 3.05) is 6.54 Å². The summed E-state index contributed by atoms with van der Waals surface area (Å²) in [5.74, 6) is -5.40. The van der Waals surface area contributed by atoms with Gasteiger partial charge in [-0.2, -0.15) is 0 Å². The van der Waals surface area contributed by atoms with Crippen LogP contribution in [0.3, 0.4) is 0 Å². The molecule has 4 amide bonds. The van der Waals surface area contributed by atoms with E-state index in [0.29, 0.717) is 18.5 Å². The topological polar surface area (TPSA) is 217 Å². The highest BCUT2D eigenvalue weighted by molar-refractivity contribution is 5.94. The number of hydrogen-bond donors (Lipinski definition) is 7. The number of nitrogens with one attached hydrogen (secondary N) is 4. The lowest BCUT2D eigenvalue weighted by atomic mass is 10.0. The zero-order valence-corrected chi connectivity index (χ0v) is 20.3. The van der Waals surface area contributed by atoms with E-state index in [4.69, 9.17) is 10.8 Å². The van der Waals surface area contributed by atoms with Crippen molar-refractivity contribution in [3.8, 4) is 0 Å². The second kappa shape index (κ2) is 14.5. The standard InChI is InChI=1S/C24H33N5O8/c25-19(30)10-8-16(23(35)29-18(24(36)37)13-14-5-2-1-3-6-14)28-22(34)17(9-11-20(31)32)27-21(33)15-7-4-12-26-15/h1-3,5-6,15-18,26H,4,7-13H2,(H2,25,30)(H,27,33)(H,28,34)(H,29,35)(H,31,32)(H,36,37). The normalized spacial score (nSPS) is 17.1. The summed E-state index contributed by atoms with van der Waals surface area (Å²) >= 11 is 0. The molecule has 1 saturated heterocycles. The van der Waals surface area contributed by atoms with Crippen LogP contribution in [0.15, 0.2) is 30.3 Å². The van der Waals surface area contributed by atoms with Crippen LogP contribution in [0.25, 0.3) is 0 Å². The van der Waals surface area contributed by atoms with Crippen LogP contribution in [0.4, 0.5) is 0 Å². The van der Waals surface area contributed by atoms with E-state index >= 15 is 0 Å². The highest BCUT2D eigenvalue weighted by Crippen LogP contribution is 2.09. The fourth-order valence-corrected chi connectivity index (χ4v) is 3.87. The highest BCUT2D eigenvalue weighted by atomic mass is 16.4. The van der Waals surface area contributed by atoms with Gasteiger partial charge in [0.05, 0.1) is 6.04 Å². The first kappa shape index (κ1) is 29.2. The van der Waals surface area contributed by atoms with Crippen molar-refractivity contribution in [3.05, 3.63) is 35.9 Å². The van der Waals surface area contributed by atoms with Gasteiger partial charge in [0.1, 0.15) is 18.1 Å². The van der Waals surface area contributed by atoms with E-state index in [1.54, 1.807) is 30.3 Å². The molecule has 1 aromatic carbocycles. The molecule has 0 spiro atoms. The minimum Gasteiger partial charge on any atom is -0.481 e. The molecule has 13 heteroatoms. The third-order valence-corrected chi connectivity index (χ3v) is 5.87. The van der Waals surface area contributed by atoms with E-state index < -0.39 is 66.2 Å². The fourth-order valence-electron chi connectivity index (χ4n) is 3.87. The maximum atomic E-state index is 13.0. The summed E-state index contributed by atoms with van der Waals surface area (Å²) in [6.45, 7) is 0.632. The number of hydrogen-bond acceptors (Lipinski definition) is 7. The lowest BCUT2D eigenvalue weighted by molar-refractivity contribution is -0.142. The van der Waals surface area contributed by atoms with Crippen LogP contribution in [0, 0.1) is 0 Å². The Morgan fingerprint density at radius 1 is 0.892 bits per heavy atom. The molecule has 1 heterocycles. The van der Waals surface area contributed by atoms with E-state index in [0.717, 1.165) is 6.42 Å². The highest BCUT2D eigenvalue weighted by Gasteiger charge is 2.32. The van der Waals surface area contributed by atoms with Crippen molar-refractivity contribution >= 4 is 35.6 Å². The second-order valence-electron chi connectivity index (χ2n) is 8.80. The molecule has 0 aliphatic carbocycles. The smallest absolute Gasteiger partial charge is 0.326 e. The first-order valence-corrected chi connectivity index (χ1v) is 12.0. The van der Waals surface area contributed by atoms with E-state index in [1.165, 1.54) is 0 Å². The molecule has 13 nitrogen and oxygen atoms in total. The van der Waals surface area contributed by atoms with Crippen LogP contribution in [0.2, 0.25) is 0 Å². The van der Waals surface area contributed by atoms with Crippen LogP contribution < -0.4 is 27.0 Å². The molecular weight excluding hydrogens is 486 g/mol. The lowest BCUT2D eigenvalue weighted by Crippen LogP contribution is -2.57. The van der Waals surface area contributed by atoms with Gasteiger partial charge in [-0.25, -0.2) is 4.79 Å². The molecule has 4 unspecified atom stereocenters. The number of carboxylic acids is 2. The van der Waals surface area contributed by atoms with Crippen LogP contribution in [-0.2, 0) is 35.2 Å². The Hall–Kier alpha value is -4.00. The van der Waals surface area contributed by atoms with Crippen molar-refractivity contribution in [3.63, 3.8) is 0 Å². The molecule has 37 heavy (non-hydrogen) atoms. The zero-order valence-electron chi connectivity index (χ0n) is 20.3. The first-order valence-electron chi connectivity index (χ1n) is 12.0. The van der Waals surface area contributed by atoms with Gasteiger partial charge in [0.2, 0.25) is 23.6 Å². The number of benzene rings is 1. The van der Waals surface area contributed by atoms with Gasteiger partial charge in [-0.15, -0.1) is 0 Å². The molecule has 1 aliphatic heterocycles. The van der Waals surface area contributed by atoms with Gasteiger partial charge in [0, 0.05) is 19.3 Å². The lowest BCUT2D eigenvalue weighted by Gasteiger charge is -2.25. The predicted molar refractivity (Wildman–Crippen MR) is 130 cm³/mol. The molecule has 0 bridgehead atoms. The molecule has 0 aromatic heterocycles. The van der Waals surface area contributed by atoms with E-state index in [-0.39, 0.29) is 25.7 Å². The van der Waals surface area contributed by atoms with Crippen LogP contribution in [0.5, 0.6) is 0 Å². The van der Waals surface area contributed by atoms with Gasteiger partial charge < -0.3 is 37.2 Å². The summed E-state index contributed by atoms with van der Waals surface area (Å²) in [6, 6.07) is 4.13. The number of carboxylic acid groups (broad SMARTS) is 2. The first-order chi connectivity index (χ1) is 17.6. The number of carbonyl (C=O) groups is 6. The maximum absolute atomic E-state index is 13.0. The summed E-state index contributed by atoms with van der Waals surface area (Å²) < 4.78 is 0. The summed E-state index contributed by atoms with van der Waals surface area (Å²) in [4.78, 5) is 72.7. The van der Waals surface area contributed by atoms with Gasteiger partial charge in [-0.1, -0.05) is 30.3 Å². The van der Waals surface area contributed by atoms with E-state index in [9.17, 15) is 33.9 Å². The van der Waals surface area contributed by atoms with Crippen molar-refractivity contribution in [1.29, 1.82) is 0 Å².